The summed E-state index contributed by atoms with van der Waals surface area (Å²) < 4.78 is 1.97. The van der Waals surface area contributed by atoms with E-state index in [0.29, 0.717) is 23.2 Å². The summed E-state index contributed by atoms with van der Waals surface area (Å²) >= 11 is 1.63. The van der Waals surface area contributed by atoms with E-state index in [1.54, 1.807) is 11.8 Å². The van der Waals surface area contributed by atoms with E-state index in [1.165, 1.54) is 5.56 Å². The Labute approximate surface area is 203 Å². The van der Waals surface area contributed by atoms with E-state index < -0.39 is 0 Å². The molecule has 3 aromatic carbocycles. The van der Waals surface area contributed by atoms with Crippen molar-refractivity contribution in [2.75, 3.05) is 12.3 Å². The number of carbonyl (C=O) groups excluding carboxylic acids is 1. The molecule has 5 rings (SSSR count). The number of carbonyl (C=O) groups is 1. The summed E-state index contributed by atoms with van der Waals surface area (Å²) in [5.74, 6) is 1.26. The highest BCUT2D eigenvalue weighted by Crippen LogP contribution is 2.30. The summed E-state index contributed by atoms with van der Waals surface area (Å²) in [6.45, 7) is 5.10. The van der Waals surface area contributed by atoms with Gasteiger partial charge in [0.05, 0.1) is 16.7 Å². The molecular weight excluding hydrogens is 442 g/mol. The smallest absolute Gasteiger partial charge is 0.248 e. The number of amidine groups is 1. The number of nitrogens with zero attached hydrogens (tertiary/aromatic N) is 3. The third-order valence-electron chi connectivity index (χ3n) is 6.24. The van der Waals surface area contributed by atoms with Crippen molar-refractivity contribution in [3.63, 3.8) is 0 Å². The number of fused-ring (bicyclic) bond motifs is 2. The average Bonchev–Trinajstić information content (AvgIpc) is 2.87. The fourth-order valence-electron chi connectivity index (χ4n) is 4.53. The molecule has 0 spiro atoms. The van der Waals surface area contributed by atoms with Gasteiger partial charge in [-0.15, -0.1) is 0 Å². The number of aliphatic imine (C=N–C) groups is 1. The number of benzene rings is 3. The Balaban J connectivity index is 1.56. The molecule has 2 heterocycles. The number of hydrogen-bond acceptors (Lipinski definition) is 4. The molecule has 1 aliphatic rings. The van der Waals surface area contributed by atoms with Gasteiger partial charge in [0.15, 0.2) is 10.6 Å². The van der Waals surface area contributed by atoms with Crippen molar-refractivity contribution in [1.29, 1.82) is 0 Å². The second-order valence-corrected chi connectivity index (χ2v) is 9.87. The Morgan fingerprint density at radius 1 is 0.941 bits per heavy atom. The minimum absolute atomic E-state index is 0.00373. The van der Waals surface area contributed by atoms with Crippen molar-refractivity contribution in [1.82, 2.24) is 9.47 Å². The predicted molar refractivity (Wildman–Crippen MR) is 142 cm³/mol. The van der Waals surface area contributed by atoms with Crippen LogP contribution < -0.4 is 5.43 Å². The summed E-state index contributed by atoms with van der Waals surface area (Å²) in [6, 6.07) is 23.2. The number of thioether (sulfide) groups is 1. The lowest BCUT2D eigenvalue weighted by Gasteiger charge is -2.29. The van der Waals surface area contributed by atoms with E-state index in [1.807, 2.05) is 76.2 Å². The van der Waals surface area contributed by atoms with E-state index in [4.69, 9.17) is 4.99 Å². The normalized spacial score (nSPS) is 15.5. The second-order valence-electron chi connectivity index (χ2n) is 8.80. The molecule has 0 unspecified atom stereocenters. The first-order chi connectivity index (χ1) is 16.5. The van der Waals surface area contributed by atoms with Gasteiger partial charge in [0.25, 0.3) is 0 Å². The summed E-state index contributed by atoms with van der Waals surface area (Å²) in [5, 5.41) is 2.00. The molecule has 0 radical (unpaired) electrons. The van der Waals surface area contributed by atoms with Gasteiger partial charge in [-0.2, -0.15) is 0 Å². The number of aromatic nitrogens is 1. The van der Waals surface area contributed by atoms with Gasteiger partial charge >= 0.3 is 0 Å². The van der Waals surface area contributed by atoms with Crippen LogP contribution in [0.4, 0.5) is 5.69 Å². The summed E-state index contributed by atoms with van der Waals surface area (Å²) in [5.41, 5.74) is 3.63. The molecule has 0 aliphatic carbocycles. The fraction of sp³-hybridized carbons (Fsp3) is 0.250. The lowest BCUT2D eigenvalue weighted by molar-refractivity contribution is -0.127. The average molecular weight is 470 g/mol. The maximum atomic E-state index is 13.7. The van der Waals surface area contributed by atoms with Crippen LogP contribution in [0.25, 0.3) is 21.8 Å². The molecule has 1 aromatic heterocycles. The quantitative estimate of drug-likeness (QED) is 0.348. The Bertz CT molecular complexity index is 1410. The summed E-state index contributed by atoms with van der Waals surface area (Å²) in [7, 11) is 0. The minimum atomic E-state index is -0.0214. The molecule has 4 aromatic rings. The van der Waals surface area contributed by atoms with Crippen molar-refractivity contribution >= 4 is 50.3 Å². The fourth-order valence-corrected chi connectivity index (χ4v) is 5.50. The number of hydrogen-bond donors (Lipinski definition) is 0. The number of pyridine rings is 1. The maximum absolute atomic E-state index is 13.7. The van der Waals surface area contributed by atoms with Gasteiger partial charge in [-0.25, -0.2) is 4.99 Å². The first kappa shape index (κ1) is 22.4. The van der Waals surface area contributed by atoms with E-state index in [-0.39, 0.29) is 17.9 Å². The van der Waals surface area contributed by atoms with Gasteiger partial charge in [0.2, 0.25) is 5.91 Å². The zero-order valence-electron chi connectivity index (χ0n) is 19.4. The molecule has 0 saturated carbocycles. The Hall–Kier alpha value is -3.38. The number of para-hydroxylation sites is 3. The van der Waals surface area contributed by atoms with E-state index in [0.717, 1.165) is 34.1 Å². The highest BCUT2D eigenvalue weighted by atomic mass is 32.2. The van der Waals surface area contributed by atoms with Crippen LogP contribution in [-0.4, -0.2) is 32.8 Å². The summed E-state index contributed by atoms with van der Waals surface area (Å²) in [6.07, 6.45) is 0.924. The van der Waals surface area contributed by atoms with Crippen LogP contribution in [-0.2, 0) is 11.3 Å². The molecule has 0 bridgehead atoms. The van der Waals surface area contributed by atoms with Gasteiger partial charge in [-0.1, -0.05) is 68.1 Å². The molecule has 172 valence electrons. The molecule has 0 N–H and O–H groups in total. The lowest BCUT2D eigenvalue weighted by atomic mass is 10.0. The highest BCUT2D eigenvalue weighted by molar-refractivity contribution is 8.13. The van der Waals surface area contributed by atoms with Gasteiger partial charge in [-0.05, 0) is 48.2 Å². The van der Waals surface area contributed by atoms with Crippen LogP contribution in [0.3, 0.4) is 0 Å². The molecule has 1 aliphatic heterocycles. The van der Waals surface area contributed by atoms with Crippen molar-refractivity contribution < 1.29 is 4.79 Å². The first-order valence-corrected chi connectivity index (χ1v) is 12.6. The van der Waals surface area contributed by atoms with Gasteiger partial charge < -0.3 is 4.57 Å². The van der Waals surface area contributed by atoms with Crippen molar-refractivity contribution in [3.8, 4) is 0 Å². The van der Waals surface area contributed by atoms with Crippen LogP contribution in [0, 0.1) is 0 Å². The molecule has 0 atom stereocenters. The Morgan fingerprint density at radius 3 is 2.24 bits per heavy atom. The van der Waals surface area contributed by atoms with Gasteiger partial charge in [0, 0.05) is 23.1 Å². The van der Waals surface area contributed by atoms with Crippen LogP contribution >= 0.6 is 11.8 Å². The van der Waals surface area contributed by atoms with Crippen molar-refractivity contribution in [2.45, 2.75) is 32.7 Å². The Kier molecular flexibility index (Phi) is 6.24. The van der Waals surface area contributed by atoms with Crippen LogP contribution in [0.2, 0.25) is 0 Å². The first-order valence-electron chi connectivity index (χ1n) is 11.7. The maximum Gasteiger partial charge on any atom is 0.248 e. The third-order valence-corrected chi connectivity index (χ3v) is 7.30. The van der Waals surface area contributed by atoms with Crippen LogP contribution in [0.15, 0.2) is 82.6 Å². The predicted octanol–water partition coefficient (Wildman–Crippen LogP) is 5.93. The largest absolute Gasteiger partial charge is 0.331 e. The van der Waals surface area contributed by atoms with Gasteiger partial charge in [0.1, 0.15) is 6.54 Å². The zero-order valence-corrected chi connectivity index (χ0v) is 20.2. The highest BCUT2D eigenvalue weighted by Gasteiger charge is 2.25. The zero-order chi connectivity index (χ0) is 23.7. The number of amides is 1. The molecular formula is C28H27N3O2S. The Morgan fingerprint density at radius 2 is 1.56 bits per heavy atom. The summed E-state index contributed by atoms with van der Waals surface area (Å²) in [4.78, 5) is 33.5. The molecule has 1 fully saturated rings. The monoisotopic (exact) mass is 469 g/mol. The SMILES string of the molecule is CC(C)c1ccccc1N=C1SCCCN1C(=O)Cn1c2ccccc2c(=O)c2ccccc21. The molecule has 6 heteroatoms. The molecule has 1 amide bonds. The second kappa shape index (κ2) is 9.47. The van der Waals surface area contributed by atoms with E-state index in [9.17, 15) is 9.59 Å². The molecule has 1 saturated heterocycles. The van der Waals surface area contributed by atoms with Crippen LogP contribution in [0.1, 0.15) is 31.7 Å². The van der Waals surface area contributed by atoms with Crippen molar-refractivity contribution in [2.24, 2.45) is 4.99 Å². The van der Waals surface area contributed by atoms with E-state index in [2.05, 4.69) is 19.9 Å². The standard InChI is InChI=1S/C28H27N3O2S/c1-19(2)20-10-3-6-13-23(20)29-28-30(16-9-17-34-28)26(32)18-31-24-14-7-4-11-21(24)27(33)22-12-5-8-15-25(22)31/h3-8,10-15,19H,9,16-18H2,1-2H3. The van der Waals surface area contributed by atoms with Gasteiger partial charge in [-0.3, -0.25) is 14.5 Å². The van der Waals surface area contributed by atoms with Crippen LogP contribution in [0.5, 0.6) is 0 Å². The van der Waals surface area contributed by atoms with Crippen molar-refractivity contribution in [3.05, 3.63) is 88.6 Å². The minimum Gasteiger partial charge on any atom is -0.331 e. The number of rotatable bonds is 4. The molecule has 5 nitrogen and oxygen atoms in total. The van der Waals surface area contributed by atoms with E-state index >= 15 is 0 Å². The topological polar surface area (TPSA) is 54.7 Å². The lowest BCUT2D eigenvalue weighted by Crippen LogP contribution is -2.41. The third kappa shape index (κ3) is 4.14. The molecule has 34 heavy (non-hydrogen) atoms.